The van der Waals surface area contributed by atoms with E-state index in [9.17, 15) is 4.79 Å². The summed E-state index contributed by atoms with van der Waals surface area (Å²) in [6.07, 6.45) is 3.61. The fourth-order valence-electron chi connectivity index (χ4n) is 1.38. The third kappa shape index (κ3) is 4.43. The van der Waals surface area contributed by atoms with Crippen molar-refractivity contribution in [1.82, 2.24) is 5.32 Å². The van der Waals surface area contributed by atoms with Crippen molar-refractivity contribution in [3.63, 3.8) is 0 Å². The van der Waals surface area contributed by atoms with Gasteiger partial charge in [-0.25, -0.2) is 0 Å². The zero-order chi connectivity index (χ0) is 12.8. The lowest BCUT2D eigenvalue weighted by Gasteiger charge is -2.05. The van der Waals surface area contributed by atoms with E-state index in [1.165, 1.54) is 5.56 Å². The molecule has 1 amide bonds. The number of hydrogen-bond donors (Lipinski definition) is 1. The molecule has 92 valence electrons. The van der Waals surface area contributed by atoms with Crippen molar-refractivity contribution in [2.45, 2.75) is 33.6 Å². The zero-order valence-electron chi connectivity index (χ0n) is 11.0. The highest BCUT2D eigenvalue weighted by molar-refractivity contribution is 5.79. The number of carbonyl (C=O) groups is 1. The van der Waals surface area contributed by atoms with Gasteiger partial charge in [0.05, 0.1) is 0 Å². The lowest BCUT2D eigenvalue weighted by Crippen LogP contribution is -2.22. The van der Waals surface area contributed by atoms with Crippen LogP contribution in [0.15, 0.2) is 30.5 Å². The van der Waals surface area contributed by atoms with Gasteiger partial charge in [0, 0.05) is 12.1 Å². The number of rotatable bonds is 4. The van der Waals surface area contributed by atoms with E-state index in [1.54, 1.807) is 6.20 Å². The molecule has 0 aliphatic rings. The molecule has 0 aromatic heterocycles. The Hall–Kier alpha value is -1.57. The molecule has 0 heterocycles. The maximum absolute atomic E-state index is 11.3. The summed E-state index contributed by atoms with van der Waals surface area (Å²) in [6, 6.07) is 8.37. The minimum atomic E-state index is 0.0166. The molecule has 1 rings (SSSR count). The van der Waals surface area contributed by atoms with Gasteiger partial charge in [-0.1, -0.05) is 52.0 Å². The molecular formula is C15H21NO. The van der Waals surface area contributed by atoms with Crippen LogP contribution in [0.25, 0.3) is 6.08 Å². The van der Waals surface area contributed by atoms with Gasteiger partial charge in [0.25, 0.3) is 0 Å². The molecule has 0 aliphatic heterocycles. The Kier molecular flexibility index (Phi) is 4.95. The molecule has 0 saturated carbocycles. The van der Waals surface area contributed by atoms with E-state index in [-0.39, 0.29) is 11.8 Å². The lowest BCUT2D eigenvalue weighted by molar-refractivity contribution is -0.122. The van der Waals surface area contributed by atoms with Gasteiger partial charge in [-0.05, 0) is 23.1 Å². The fraction of sp³-hybridized carbons (Fsp3) is 0.400. The van der Waals surface area contributed by atoms with E-state index < -0.39 is 0 Å². The molecule has 0 spiro atoms. The number of nitrogens with one attached hydrogen (secondary N) is 1. The Morgan fingerprint density at radius 2 is 1.71 bits per heavy atom. The van der Waals surface area contributed by atoms with Crippen LogP contribution >= 0.6 is 0 Å². The maximum atomic E-state index is 11.3. The van der Waals surface area contributed by atoms with Crippen molar-refractivity contribution < 1.29 is 4.79 Å². The highest BCUT2D eigenvalue weighted by Crippen LogP contribution is 2.15. The topological polar surface area (TPSA) is 29.1 Å². The van der Waals surface area contributed by atoms with Crippen LogP contribution in [-0.2, 0) is 4.79 Å². The Morgan fingerprint density at radius 1 is 1.12 bits per heavy atom. The van der Waals surface area contributed by atoms with Crippen molar-refractivity contribution in [2.24, 2.45) is 5.92 Å². The summed E-state index contributed by atoms with van der Waals surface area (Å²) in [4.78, 5) is 11.3. The van der Waals surface area contributed by atoms with Crippen LogP contribution in [0.5, 0.6) is 0 Å². The first-order chi connectivity index (χ1) is 8.00. The summed E-state index contributed by atoms with van der Waals surface area (Å²) in [5, 5.41) is 2.75. The van der Waals surface area contributed by atoms with Crippen molar-refractivity contribution in [3.05, 3.63) is 41.6 Å². The second kappa shape index (κ2) is 6.24. The van der Waals surface area contributed by atoms with Crippen LogP contribution < -0.4 is 5.32 Å². The molecule has 1 N–H and O–H groups in total. The van der Waals surface area contributed by atoms with Gasteiger partial charge in [-0.2, -0.15) is 0 Å². The molecule has 0 fully saturated rings. The third-order valence-corrected chi connectivity index (χ3v) is 2.63. The molecule has 0 radical (unpaired) electrons. The minimum Gasteiger partial charge on any atom is -0.332 e. The summed E-state index contributed by atoms with van der Waals surface area (Å²) in [7, 11) is 0. The summed E-state index contributed by atoms with van der Waals surface area (Å²) >= 11 is 0. The Morgan fingerprint density at radius 3 is 2.18 bits per heavy atom. The Bertz CT molecular complexity index is 388. The first kappa shape index (κ1) is 13.5. The average Bonchev–Trinajstić information content (AvgIpc) is 2.29. The molecule has 2 heteroatoms. The monoisotopic (exact) mass is 231 g/mol. The van der Waals surface area contributed by atoms with Gasteiger partial charge < -0.3 is 5.32 Å². The highest BCUT2D eigenvalue weighted by Gasteiger charge is 2.02. The molecule has 2 nitrogen and oxygen atoms in total. The van der Waals surface area contributed by atoms with Gasteiger partial charge in [-0.3, -0.25) is 4.79 Å². The third-order valence-electron chi connectivity index (χ3n) is 2.63. The van der Waals surface area contributed by atoms with E-state index in [4.69, 9.17) is 0 Å². The van der Waals surface area contributed by atoms with Crippen LogP contribution in [-0.4, -0.2) is 5.91 Å². The minimum absolute atomic E-state index is 0.0166. The summed E-state index contributed by atoms with van der Waals surface area (Å²) in [6.45, 7) is 8.10. The van der Waals surface area contributed by atoms with E-state index >= 15 is 0 Å². The highest BCUT2D eigenvalue weighted by atomic mass is 16.1. The molecule has 0 aliphatic carbocycles. The fourth-order valence-corrected chi connectivity index (χ4v) is 1.38. The van der Waals surface area contributed by atoms with E-state index in [2.05, 4.69) is 43.4 Å². The van der Waals surface area contributed by atoms with Gasteiger partial charge in [0.15, 0.2) is 0 Å². The number of carbonyl (C=O) groups excluding carboxylic acids is 1. The van der Waals surface area contributed by atoms with Crippen LogP contribution in [0.4, 0.5) is 0 Å². The standard InChI is InChI=1S/C15H21NO/c1-11(2)14-7-5-13(6-8-14)9-10-16-15(17)12(3)4/h5-12H,1-4H3,(H,16,17)/b10-9+. The van der Waals surface area contributed by atoms with Crippen molar-refractivity contribution in [3.8, 4) is 0 Å². The normalized spacial score (nSPS) is 11.4. The second-order valence-corrected chi connectivity index (χ2v) is 4.82. The first-order valence-corrected chi connectivity index (χ1v) is 6.07. The van der Waals surface area contributed by atoms with E-state index in [1.807, 2.05) is 19.9 Å². The van der Waals surface area contributed by atoms with Gasteiger partial charge >= 0.3 is 0 Å². The summed E-state index contributed by atoms with van der Waals surface area (Å²) in [5.74, 6) is 0.608. The zero-order valence-corrected chi connectivity index (χ0v) is 11.0. The molecule has 0 unspecified atom stereocenters. The lowest BCUT2D eigenvalue weighted by atomic mass is 10.0. The Balaban J connectivity index is 2.57. The maximum Gasteiger partial charge on any atom is 0.226 e. The number of hydrogen-bond acceptors (Lipinski definition) is 1. The largest absolute Gasteiger partial charge is 0.332 e. The molecule has 0 saturated heterocycles. The molecule has 1 aromatic carbocycles. The van der Waals surface area contributed by atoms with Crippen molar-refractivity contribution in [2.75, 3.05) is 0 Å². The predicted octanol–water partition coefficient (Wildman–Crippen LogP) is 3.55. The van der Waals surface area contributed by atoms with E-state index in [0.29, 0.717) is 5.92 Å². The van der Waals surface area contributed by atoms with Crippen LogP contribution in [0.2, 0.25) is 0 Å². The smallest absolute Gasteiger partial charge is 0.226 e. The molecule has 1 aromatic rings. The molecule has 0 atom stereocenters. The second-order valence-electron chi connectivity index (χ2n) is 4.82. The summed E-state index contributed by atoms with van der Waals surface area (Å²) < 4.78 is 0. The SMILES string of the molecule is CC(C)C(=O)N/C=C/c1ccc(C(C)C)cc1. The van der Waals surface area contributed by atoms with E-state index in [0.717, 1.165) is 5.56 Å². The Labute approximate surface area is 104 Å². The van der Waals surface area contributed by atoms with Crippen LogP contribution in [0, 0.1) is 5.92 Å². The van der Waals surface area contributed by atoms with Crippen LogP contribution in [0.3, 0.4) is 0 Å². The van der Waals surface area contributed by atoms with Crippen molar-refractivity contribution in [1.29, 1.82) is 0 Å². The van der Waals surface area contributed by atoms with Crippen LogP contribution in [0.1, 0.15) is 44.7 Å². The molecule has 17 heavy (non-hydrogen) atoms. The molecular weight excluding hydrogens is 210 g/mol. The molecule has 0 bridgehead atoms. The van der Waals surface area contributed by atoms with Crippen molar-refractivity contribution >= 4 is 12.0 Å². The number of amides is 1. The first-order valence-electron chi connectivity index (χ1n) is 6.07. The van der Waals surface area contributed by atoms with Gasteiger partial charge in [0.1, 0.15) is 0 Å². The quantitative estimate of drug-likeness (QED) is 0.843. The van der Waals surface area contributed by atoms with Gasteiger partial charge in [0.2, 0.25) is 5.91 Å². The van der Waals surface area contributed by atoms with Gasteiger partial charge in [-0.15, -0.1) is 0 Å². The average molecular weight is 231 g/mol. The summed E-state index contributed by atoms with van der Waals surface area (Å²) in [5.41, 5.74) is 2.42. The number of benzene rings is 1. The predicted molar refractivity (Wildman–Crippen MR) is 72.5 cm³/mol.